The van der Waals surface area contributed by atoms with Gasteiger partial charge in [-0.3, -0.25) is 9.89 Å². The highest BCUT2D eigenvalue weighted by Crippen LogP contribution is 2.21. The van der Waals surface area contributed by atoms with Crippen LogP contribution in [0.4, 0.5) is 0 Å². The maximum atomic E-state index is 12.2. The van der Waals surface area contributed by atoms with Crippen molar-refractivity contribution in [3.8, 4) is 11.4 Å². The molecule has 0 spiro atoms. The van der Waals surface area contributed by atoms with E-state index < -0.39 is 9.84 Å². The molecule has 1 aromatic carbocycles. The average Bonchev–Trinajstić information content (AvgIpc) is 3.19. The van der Waals surface area contributed by atoms with E-state index >= 15 is 0 Å². The number of hydrogen-bond acceptors (Lipinski definition) is 6. The highest BCUT2D eigenvalue weighted by molar-refractivity contribution is 7.99. The van der Waals surface area contributed by atoms with Gasteiger partial charge < -0.3 is 4.90 Å². The second-order valence-corrected chi connectivity index (χ2v) is 8.85. The fraction of sp³-hybridized carbons (Fsp3) is 0.400. The van der Waals surface area contributed by atoms with Crippen LogP contribution in [0.15, 0.2) is 35.5 Å². The number of sulfone groups is 1. The maximum Gasteiger partial charge on any atom is 0.233 e. The van der Waals surface area contributed by atoms with Gasteiger partial charge in [-0.25, -0.2) is 13.4 Å². The van der Waals surface area contributed by atoms with E-state index in [4.69, 9.17) is 0 Å². The third kappa shape index (κ3) is 3.96. The van der Waals surface area contributed by atoms with E-state index in [1.807, 2.05) is 30.3 Å². The number of carbonyl (C=O) groups is 1. The molecule has 128 valence electrons. The van der Waals surface area contributed by atoms with Crippen LogP contribution in [0.1, 0.15) is 6.42 Å². The number of H-pyrrole nitrogens is 1. The number of nitrogens with zero attached hydrogens (tertiary/aromatic N) is 3. The Morgan fingerprint density at radius 3 is 2.79 bits per heavy atom. The quantitative estimate of drug-likeness (QED) is 0.799. The van der Waals surface area contributed by atoms with Crippen LogP contribution < -0.4 is 0 Å². The van der Waals surface area contributed by atoms with Crippen LogP contribution >= 0.6 is 11.8 Å². The molecule has 24 heavy (non-hydrogen) atoms. The zero-order valence-electron chi connectivity index (χ0n) is 13.2. The van der Waals surface area contributed by atoms with Crippen LogP contribution in [-0.2, 0) is 14.6 Å². The number of aromatic nitrogens is 3. The Labute approximate surface area is 144 Å². The predicted octanol–water partition coefficient (Wildman–Crippen LogP) is 1.21. The summed E-state index contributed by atoms with van der Waals surface area (Å²) in [5, 5.41) is 7.45. The summed E-state index contributed by atoms with van der Waals surface area (Å²) in [6.07, 6.45) is 0.508. The summed E-state index contributed by atoms with van der Waals surface area (Å²) in [5.41, 5.74) is 0.927. The molecule has 1 N–H and O–H groups in total. The van der Waals surface area contributed by atoms with Crippen molar-refractivity contribution in [2.24, 2.45) is 0 Å². The minimum Gasteiger partial charge on any atom is -0.341 e. The van der Waals surface area contributed by atoms with Crippen molar-refractivity contribution in [1.29, 1.82) is 0 Å². The van der Waals surface area contributed by atoms with E-state index in [0.717, 1.165) is 5.56 Å². The second-order valence-electron chi connectivity index (χ2n) is 5.68. The van der Waals surface area contributed by atoms with E-state index in [1.54, 1.807) is 7.05 Å². The third-order valence-corrected chi connectivity index (χ3v) is 6.57. The average molecular weight is 366 g/mol. The molecule has 1 atom stereocenters. The summed E-state index contributed by atoms with van der Waals surface area (Å²) in [5.74, 6) is 0.927. The molecular formula is C15H18N4O3S2. The molecule has 1 aromatic heterocycles. The molecule has 7 nitrogen and oxygen atoms in total. The molecule has 1 saturated heterocycles. The van der Waals surface area contributed by atoms with E-state index in [2.05, 4.69) is 15.2 Å². The van der Waals surface area contributed by atoms with Crippen LogP contribution in [0.2, 0.25) is 0 Å². The van der Waals surface area contributed by atoms with E-state index in [0.29, 0.717) is 17.4 Å². The first-order chi connectivity index (χ1) is 11.4. The smallest absolute Gasteiger partial charge is 0.233 e. The zero-order chi connectivity index (χ0) is 17.2. The molecule has 1 fully saturated rings. The van der Waals surface area contributed by atoms with Gasteiger partial charge in [-0.05, 0) is 6.42 Å². The van der Waals surface area contributed by atoms with Gasteiger partial charge in [0.05, 0.1) is 17.3 Å². The lowest BCUT2D eigenvalue weighted by Gasteiger charge is -2.22. The van der Waals surface area contributed by atoms with Crippen molar-refractivity contribution in [3.05, 3.63) is 30.3 Å². The van der Waals surface area contributed by atoms with Gasteiger partial charge in [-0.2, -0.15) is 0 Å². The largest absolute Gasteiger partial charge is 0.341 e. The van der Waals surface area contributed by atoms with Gasteiger partial charge >= 0.3 is 0 Å². The molecular weight excluding hydrogens is 348 g/mol. The Morgan fingerprint density at radius 2 is 2.12 bits per heavy atom. The summed E-state index contributed by atoms with van der Waals surface area (Å²) in [7, 11) is -1.34. The van der Waals surface area contributed by atoms with Crippen molar-refractivity contribution < 1.29 is 13.2 Å². The number of thioether (sulfide) groups is 1. The summed E-state index contributed by atoms with van der Waals surface area (Å²) in [4.78, 5) is 18.1. The number of amides is 1. The number of nitrogens with one attached hydrogen (secondary N) is 1. The SMILES string of the molecule is CN(C(=O)CSc1n[nH]c(-c2ccccc2)n1)[C@H]1CCS(=O)(=O)C1. The van der Waals surface area contributed by atoms with Crippen molar-refractivity contribution in [2.45, 2.75) is 17.6 Å². The van der Waals surface area contributed by atoms with Gasteiger partial charge in [0.1, 0.15) is 0 Å². The Bertz CT molecular complexity index is 820. The highest BCUT2D eigenvalue weighted by Gasteiger charge is 2.32. The molecule has 1 amide bonds. The normalized spacial score (nSPS) is 19.3. The number of benzene rings is 1. The van der Waals surface area contributed by atoms with Crippen molar-refractivity contribution >= 4 is 27.5 Å². The van der Waals surface area contributed by atoms with Gasteiger partial charge in [0.2, 0.25) is 11.1 Å². The van der Waals surface area contributed by atoms with Gasteiger partial charge in [0.25, 0.3) is 0 Å². The molecule has 0 unspecified atom stereocenters. The Kier molecular flexibility index (Phi) is 4.91. The van der Waals surface area contributed by atoms with Crippen LogP contribution in [0.25, 0.3) is 11.4 Å². The van der Waals surface area contributed by atoms with Crippen LogP contribution in [0.3, 0.4) is 0 Å². The molecule has 2 heterocycles. The fourth-order valence-electron chi connectivity index (χ4n) is 2.55. The monoisotopic (exact) mass is 366 g/mol. The highest BCUT2D eigenvalue weighted by atomic mass is 32.2. The van der Waals surface area contributed by atoms with Gasteiger partial charge in [-0.1, -0.05) is 42.1 Å². The lowest BCUT2D eigenvalue weighted by molar-refractivity contribution is -0.128. The minimum atomic E-state index is -3.00. The molecule has 1 aliphatic heterocycles. The summed E-state index contributed by atoms with van der Waals surface area (Å²) in [6, 6.07) is 9.38. The molecule has 9 heteroatoms. The third-order valence-electron chi connectivity index (χ3n) is 3.99. The lowest BCUT2D eigenvalue weighted by atomic mass is 10.2. The standard InChI is InChI=1S/C15H18N4O3S2/c1-19(12-7-8-24(21,22)10-12)13(20)9-23-15-16-14(17-18-15)11-5-3-2-4-6-11/h2-6,12H,7-10H2,1H3,(H,16,17,18)/t12-/m0/s1. The Hall–Kier alpha value is -1.87. The van der Waals surface area contributed by atoms with Crippen LogP contribution in [-0.4, -0.2) is 64.8 Å². The van der Waals surface area contributed by atoms with Crippen LogP contribution in [0, 0.1) is 0 Å². The summed E-state index contributed by atoms with van der Waals surface area (Å²) >= 11 is 1.24. The Morgan fingerprint density at radius 1 is 1.38 bits per heavy atom. The van der Waals surface area contributed by atoms with Gasteiger partial charge in [0.15, 0.2) is 15.7 Å². The van der Waals surface area contributed by atoms with Gasteiger partial charge in [-0.15, -0.1) is 5.10 Å². The van der Waals surface area contributed by atoms with Gasteiger partial charge in [0, 0.05) is 18.7 Å². The number of rotatable bonds is 5. The molecule has 3 rings (SSSR count). The zero-order valence-corrected chi connectivity index (χ0v) is 14.8. The lowest BCUT2D eigenvalue weighted by Crippen LogP contribution is -2.38. The first-order valence-corrected chi connectivity index (χ1v) is 10.3. The minimum absolute atomic E-state index is 0.0543. The number of hydrogen-bond donors (Lipinski definition) is 1. The van der Waals surface area contributed by atoms with E-state index in [-0.39, 0.29) is 29.2 Å². The molecule has 0 saturated carbocycles. The fourth-order valence-corrected chi connectivity index (χ4v) is 5.05. The Balaban J connectivity index is 1.56. The summed E-state index contributed by atoms with van der Waals surface area (Å²) in [6.45, 7) is 0. The first kappa shape index (κ1) is 17.0. The molecule has 0 aliphatic carbocycles. The van der Waals surface area contributed by atoms with Crippen molar-refractivity contribution in [1.82, 2.24) is 20.1 Å². The number of aromatic amines is 1. The number of carbonyl (C=O) groups excluding carboxylic acids is 1. The second kappa shape index (κ2) is 6.94. The van der Waals surface area contributed by atoms with E-state index in [9.17, 15) is 13.2 Å². The molecule has 2 aromatic rings. The topological polar surface area (TPSA) is 96.0 Å². The van der Waals surface area contributed by atoms with E-state index in [1.165, 1.54) is 16.7 Å². The van der Waals surface area contributed by atoms with Crippen molar-refractivity contribution in [2.75, 3.05) is 24.3 Å². The molecule has 0 radical (unpaired) electrons. The molecule has 0 bridgehead atoms. The van der Waals surface area contributed by atoms with Crippen molar-refractivity contribution in [3.63, 3.8) is 0 Å². The first-order valence-electron chi connectivity index (χ1n) is 7.51. The molecule has 1 aliphatic rings. The predicted molar refractivity (Wildman–Crippen MR) is 92.4 cm³/mol. The maximum absolute atomic E-state index is 12.2. The van der Waals surface area contributed by atoms with Crippen LogP contribution in [0.5, 0.6) is 0 Å². The summed E-state index contributed by atoms with van der Waals surface area (Å²) < 4.78 is 23.0.